The second-order valence-electron chi connectivity index (χ2n) is 7.77. The lowest BCUT2D eigenvalue weighted by Crippen LogP contribution is -2.52. The molecular formula is C19H38N6. The standard InChI is InChI=1S/C19H38N6/c1-6-20-19(21-13-18-15-23(4)11-12-24(18)5)22-17-7-9-25(10-8-17)14-16(2)3/h17-18H,2,6-15H2,1,3-5H3,(H2,20,21,22). The fraction of sp³-hybridized carbons (Fsp3) is 0.842. The first-order chi connectivity index (χ1) is 12.0. The van der Waals surface area contributed by atoms with E-state index in [9.17, 15) is 0 Å². The zero-order chi connectivity index (χ0) is 18.2. The number of rotatable bonds is 6. The first-order valence-electron chi connectivity index (χ1n) is 9.78. The predicted molar refractivity (Wildman–Crippen MR) is 107 cm³/mol. The quantitative estimate of drug-likeness (QED) is 0.422. The van der Waals surface area contributed by atoms with E-state index in [1.807, 2.05) is 0 Å². The van der Waals surface area contributed by atoms with E-state index in [1.165, 1.54) is 18.4 Å². The highest BCUT2D eigenvalue weighted by atomic mass is 15.3. The summed E-state index contributed by atoms with van der Waals surface area (Å²) >= 11 is 0. The van der Waals surface area contributed by atoms with Crippen molar-refractivity contribution >= 4 is 5.96 Å². The number of piperidine rings is 1. The Morgan fingerprint density at radius 2 is 1.88 bits per heavy atom. The normalized spacial score (nSPS) is 25.1. The van der Waals surface area contributed by atoms with Gasteiger partial charge in [0.2, 0.25) is 0 Å². The third-order valence-corrected chi connectivity index (χ3v) is 5.21. The number of hydrogen-bond acceptors (Lipinski definition) is 4. The average Bonchev–Trinajstić information content (AvgIpc) is 2.57. The molecule has 2 fully saturated rings. The minimum Gasteiger partial charge on any atom is -0.357 e. The van der Waals surface area contributed by atoms with Crippen LogP contribution in [0.3, 0.4) is 0 Å². The number of piperazine rings is 1. The van der Waals surface area contributed by atoms with Crippen LogP contribution in [0.4, 0.5) is 0 Å². The van der Waals surface area contributed by atoms with E-state index >= 15 is 0 Å². The summed E-state index contributed by atoms with van der Waals surface area (Å²) in [5.41, 5.74) is 1.25. The highest BCUT2D eigenvalue weighted by molar-refractivity contribution is 5.80. The minimum absolute atomic E-state index is 0.506. The van der Waals surface area contributed by atoms with Gasteiger partial charge in [-0.1, -0.05) is 12.2 Å². The Bertz CT molecular complexity index is 441. The lowest BCUT2D eigenvalue weighted by atomic mass is 10.0. The Morgan fingerprint density at radius 3 is 2.52 bits per heavy atom. The molecule has 144 valence electrons. The third-order valence-electron chi connectivity index (χ3n) is 5.21. The molecule has 0 saturated carbocycles. The summed E-state index contributed by atoms with van der Waals surface area (Å²) in [6.07, 6.45) is 2.34. The zero-order valence-corrected chi connectivity index (χ0v) is 16.7. The van der Waals surface area contributed by atoms with E-state index in [1.54, 1.807) is 0 Å². The molecule has 0 bridgehead atoms. The van der Waals surface area contributed by atoms with Crippen molar-refractivity contribution in [1.82, 2.24) is 25.3 Å². The molecule has 1 unspecified atom stereocenters. The summed E-state index contributed by atoms with van der Waals surface area (Å²) in [6.45, 7) is 16.7. The molecule has 0 radical (unpaired) electrons. The highest BCUT2D eigenvalue weighted by Gasteiger charge is 2.23. The van der Waals surface area contributed by atoms with Crippen LogP contribution in [0, 0.1) is 0 Å². The molecule has 2 rings (SSSR count). The molecule has 25 heavy (non-hydrogen) atoms. The summed E-state index contributed by atoms with van der Waals surface area (Å²) in [6, 6.07) is 1.03. The minimum atomic E-state index is 0.506. The second kappa shape index (κ2) is 10.1. The zero-order valence-electron chi connectivity index (χ0n) is 16.7. The molecule has 0 aromatic heterocycles. The third kappa shape index (κ3) is 6.96. The number of aliphatic imine (C=N–C) groups is 1. The van der Waals surface area contributed by atoms with Crippen molar-refractivity contribution in [2.24, 2.45) is 4.99 Å². The maximum absolute atomic E-state index is 4.88. The van der Waals surface area contributed by atoms with E-state index in [2.05, 4.69) is 59.9 Å². The molecule has 2 heterocycles. The fourth-order valence-electron chi connectivity index (χ4n) is 3.63. The van der Waals surface area contributed by atoms with Gasteiger partial charge >= 0.3 is 0 Å². The first kappa shape index (κ1) is 20.2. The Balaban J connectivity index is 1.82. The molecular weight excluding hydrogens is 312 g/mol. The molecule has 0 aromatic carbocycles. The molecule has 6 nitrogen and oxygen atoms in total. The topological polar surface area (TPSA) is 46.1 Å². The summed E-state index contributed by atoms with van der Waals surface area (Å²) < 4.78 is 0. The highest BCUT2D eigenvalue weighted by Crippen LogP contribution is 2.12. The Labute approximate surface area is 154 Å². The Kier molecular flexibility index (Phi) is 8.19. The van der Waals surface area contributed by atoms with E-state index in [0.29, 0.717) is 12.1 Å². The Hall–Kier alpha value is -1.11. The van der Waals surface area contributed by atoms with Gasteiger partial charge in [-0.05, 0) is 40.8 Å². The summed E-state index contributed by atoms with van der Waals surface area (Å²) in [7, 11) is 4.41. The largest absolute Gasteiger partial charge is 0.357 e. The smallest absolute Gasteiger partial charge is 0.191 e. The van der Waals surface area contributed by atoms with Gasteiger partial charge in [-0.15, -0.1) is 0 Å². The fourth-order valence-corrected chi connectivity index (χ4v) is 3.63. The number of likely N-dealkylation sites (tertiary alicyclic amines) is 1. The van der Waals surface area contributed by atoms with E-state index in [-0.39, 0.29) is 0 Å². The number of hydrogen-bond donors (Lipinski definition) is 2. The van der Waals surface area contributed by atoms with Crippen LogP contribution in [-0.2, 0) is 0 Å². The number of likely N-dealkylation sites (N-methyl/N-ethyl adjacent to an activating group) is 2. The number of guanidine groups is 1. The van der Waals surface area contributed by atoms with Gasteiger partial charge in [0, 0.05) is 57.9 Å². The van der Waals surface area contributed by atoms with Crippen molar-refractivity contribution in [3.8, 4) is 0 Å². The van der Waals surface area contributed by atoms with Crippen molar-refractivity contribution < 1.29 is 0 Å². The molecule has 1 atom stereocenters. The van der Waals surface area contributed by atoms with Crippen LogP contribution in [-0.4, -0.2) is 99.2 Å². The maximum Gasteiger partial charge on any atom is 0.191 e. The lowest BCUT2D eigenvalue weighted by Gasteiger charge is -2.37. The summed E-state index contributed by atoms with van der Waals surface area (Å²) in [4.78, 5) is 12.2. The van der Waals surface area contributed by atoms with Crippen LogP contribution in [0.25, 0.3) is 0 Å². The molecule has 2 aliphatic rings. The van der Waals surface area contributed by atoms with Crippen molar-refractivity contribution in [2.75, 3.05) is 66.5 Å². The maximum atomic E-state index is 4.88. The van der Waals surface area contributed by atoms with Gasteiger partial charge in [-0.3, -0.25) is 14.8 Å². The molecule has 0 amide bonds. The van der Waals surface area contributed by atoms with Crippen LogP contribution in [0.1, 0.15) is 26.7 Å². The molecule has 0 aliphatic carbocycles. The molecule has 2 aliphatic heterocycles. The Morgan fingerprint density at radius 1 is 1.16 bits per heavy atom. The molecule has 0 spiro atoms. The van der Waals surface area contributed by atoms with Gasteiger partial charge in [-0.2, -0.15) is 0 Å². The second-order valence-corrected chi connectivity index (χ2v) is 7.77. The van der Waals surface area contributed by atoms with Gasteiger partial charge in [0.15, 0.2) is 5.96 Å². The van der Waals surface area contributed by atoms with Crippen molar-refractivity contribution in [3.63, 3.8) is 0 Å². The van der Waals surface area contributed by atoms with Crippen LogP contribution < -0.4 is 10.6 Å². The van der Waals surface area contributed by atoms with Crippen molar-refractivity contribution in [1.29, 1.82) is 0 Å². The van der Waals surface area contributed by atoms with Gasteiger partial charge < -0.3 is 15.5 Å². The molecule has 6 heteroatoms. The molecule has 2 saturated heterocycles. The number of nitrogens with zero attached hydrogens (tertiary/aromatic N) is 4. The summed E-state index contributed by atoms with van der Waals surface area (Å²) in [5, 5.41) is 7.07. The van der Waals surface area contributed by atoms with Gasteiger partial charge in [0.1, 0.15) is 0 Å². The molecule has 0 aromatic rings. The van der Waals surface area contributed by atoms with Gasteiger partial charge in [0.25, 0.3) is 0 Å². The van der Waals surface area contributed by atoms with E-state index in [0.717, 1.165) is 58.3 Å². The van der Waals surface area contributed by atoms with Crippen molar-refractivity contribution in [2.45, 2.75) is 38.8 Å². The first-order valence-corrected chi connectivity index (χ1v) is 9.78. The lowest BCUT2D eigenvalue weighted by molar-refractivity contribution is 0.119. The van der Waals surface area contributed by atoms with Crippen LogP contribution in [0.15, 0.2) is 17.1 Å². The van der Waals surface area contributed by atoms with Crippen LogP contribution in [0.2, 0.25) is 0 Å². The predicted octanol–water partition coefficient (Wildman–Crippen LogP) is 0.828. The summed E-state index contributed by atoms with van der Waals surface area (Å²) in [5.74, 6) is 0.975. The van der Waals surface area contributed by atoms with E-state index < -0.39 is 0 Å². The van der Waals surface area contributed by atoms with Crippen LogP contribution >= 0.6 is 0 Å². The SMILES string of the molecule is C=C(C)CN1CCC(NC(=NCC2CN(C)CCN2C)NCC)CC1. The van der Waals surface area contributed by atoms with Crippen LogP contribution in [0.5, 0.6) is 0 Å². The average molecular weight is 351 g/mol. The van der Waals surface area contributed by atoms with E-state index in [4.69, 9.17) is 4.99 Å². The van der Waals surface area contributed by atoms with Gasteiger partial charge in [0.05, 0.1) is 6.54 Å². The number of nitrogens with one attached hydrogen (secondary N) is 2. The monoisotopic (exact) mass is 350 g/mol. The van der Waals surface area contributed by atoms with Crippen molar-refractivity contribution in [3.05, 3.63) is 12.2 Å². The van der Waals surface area contributed by atoms with Gasteiger partial charge in [-0.25, -0.2) is 0 Å². The molecule has 2 N–H and O–H groups in total.